The number of fused-ring (bicyclic) bond motifs is 1. The number of hydrogen-bond acceptors (Lipinski definition) is 2. The molecule has 0 atom stereocenters. The first-order chi connectivity index (χ1) is 6.35. The molecule has 0 N–H and O–H groups in total. The molecular formula is C11H9NO. The summed E-state index contributed by atoms with van der Waals surface area (Å²) < 4.78 is 5.10. The van der Waals surface area contributed by atoms with Gasteiger partial charge in [0, 0.05) is 0 Å². The normalized spacial score (nSPS) is 12.2. The Morgan fingerprint density at radius 1 is 1.46 bits per heavy atom. The van der Waals surface area contributed by atoms with Crippen molar-refractivity contribution < 1.29 is 4.74 Å². The van der Waals surface area contributed by atoms with Crippen molar-refractivity contribution in [2.45, 2.75) is 6.42 Å². The molecule has 13 heavy (non-hydrogen) atoms. The SMILES string of the molecule is COc1ccc2c(c1)C(CC#N)=C2. The highest BCUT2D eigenvalue weighted by molar-refractivity contribution is 5.96. The van der Waals surface area contributed by atoms with Crippen LogP contribution in [0.1, 0.15) is 17.5 Å². The summed E-state index contributed by atoms with van der Waals surface area (Å²) in [5.41, 5.74) is 3.46. The second-order valence-electron chi connectivity index (χ2n) is 2.96. The molecule has 0 saturated heterocycles. The standard InChI is InChI=1S/C11H9NO/c1-13-10-3-2-8-6-9(4-5-12)11(8)7-10/h2-3,6-7H,4H2,1H3. The van der Waals surface area contributed by atoms with Gasteiger partial charge < -0.3 is 4.74 Å². The van der Waals surface area contributed by atoms with Crippen LogP contribution in [0.25, 0.3) is 11.6 Å². The molecule has 0 aliphatic heterocycles. The minimum Gasteiger partial charge on any atom is -0.497 e. The summed E-state index contributed by atoms with van der Waals surface area (Å²) in [5, 5.41) is 8.53. The van der Waals surface area contributed by atoms with Gasteiger partial charge in [-0.15, -0.1) is 0 Å². The summed E-state index contributed by atoms with van der Waals surface area (Å²) in [6.45, 7) is 0. The number of rotatable bonds is 2. The summed E-state index contributed by atoms with van der Waals surface area (Å²) in [6.07, 6.45) is 2.53. The van der Waals surface area contributed by atoms with Crippen LogP contribution in [-0.4, -0.2) is 7.11 Å². The van der Waals surface area contributed by atoms with Crippen LogP contribution in [0.5, 0.6) is 5.75 Å². The predicted octanol–water partition coefficient (Wildman–Crippen LogP) is 2.46. The highest BCUT2D eigenvalue weighted by Crippen LogP contribution is 2.36. The van der Waals surface area contributed by atoms with Gasteiger partial charge in [0.05, 0.1) is 19.6 Å². The maximum Gasteiger partial charge on any atom is 0.119 e. The average Bonchev–Trinajstić information content (AvgIpc) is 2.14. The quantitative estimate of drug-likeness (QED) is 0.684. The molecular weight excluding hydrogens is 162 g/mol. The molecule has 1 aliphatic carbocycles. The summed E-state index contributed by atoms with van der Waals surface area (Å²) in [4.78, 5) is 0. The number of nitrogens with zero attached hydrogens (tertiary/aromatic N) is 1. The summed E-state index contributed by atoms with van der Waals surface area (Å²) >= 11 is 0. The molecule has 0 radical (unpaired) electrons. The van der Waals surface area contributed by atoms with Crippen LogP contribution in [0.4, 0.5) is 0 Å². The molecule has 0 spiro atoms. The maximum atomic E-state index is 8.53. The molecule has 0 unspecified atom stereocenters. The van der Waals surface area contributed by atoms with Crippen LogP contribution < -0.4 is 4.74 Å². The third-order valence-corrected chi connectivity index (χ3v) is 2.21. The number of benzene rings is 1. The molecule has 1 aromatic carbocycles. The van der Waals surface area contributed by atoms with Crippen molar-refractivity contribution >= 4 is 11.6 Å². The third kappa shape index (κ3) is 1.19. The molecule has 2 nitrogen and oxygen atoms in total. The van der Waals surface area contributed by atoms with Gasteiger partial charge in [-0.3, -0.25) is 0 Å². The van der Waals surface area contributed by atoms with Crippen molar-refractivity contribution in [3.63, 3.8) is 0 Å². The fraction of sp³-hybridized carbons (Fsp3) is 0.182. The van der Waals surface area contributed by atoms with Crippen LogP contribution in [0, 0.1) is 11.3 Å². The van der Waals surface area contributed by atoms with Gasteiger partial charge in [-0.1, -0.05) is 6.07 Å². The van der Waals surface area contributed by atoms with Crippen molar-refractivity contribution in [1.29, 1.82) is 5.26 Å². The highest BCUT2D eigenvalue weighted by Gasteiger charge is 2.15. The van der Waals surface area contributed by atoms with Gasteiger partial charge in [0.15, 0.2) is 0 Å². The minimum absolute atomic E-state index is 0.486. The van der Waals surface area contributed by atoms with Crippen LogP contribution in [0.15, 0.2) is 18.2 Å². The lowest BCUT2D eigenvalue weighted by Gasteiger charge is -2.18. The Labute approximate surface area is 77.1 Å². The smallest absolute Gasteiger partial charge is 0.119 e. The maximum absolute atomic E-state index is 8.53. The van der Waals surface area contributed by atoms with E-state index in [1.165, 1.54) is 5.56 Å². The molecule has 0 aromatic heterocycles. The number of hydrogen-bond donors (Lipinski definition) is 0. The monoisotopic (exact) mass is 171 g/mol. The van der Waals surface area contributed by atoms with Gasteiger partial charge in [0.1, 0.15) is 5.75 Å². The first-order valence-electron chi connectivity index (χ1n) is 4.11. The van der Waals surface area contributed by atoms with E-state index in [2.05, 4.69) is 6.07 Å². The lowest BCUT2D eigenvalue weighted by molar-refractivity contribution is 0.414. The number of nitriles is 1. The van der Waals surface area contributed by atoms with E-state index >= 15 is 0 Å². The van der Waals surface area contributed by atoms with Gasteiger partial charge >= 0.3 is 0 Å². The molecule has 2 heteroatoms. The van der Waals surface area contributed by atoms with Crippen molar-refractivity contribution in [2.24, 2.45) is 0 Å². The van der Waals surface area contributed by atoms with E-state index in [1.807, 2.05) is 24.3 Å². The first kappa shape index (κ1) is 7.88. The zero-order valence-corrected chi connectivity index (χ0v) is 7.37. The van der Waals surface area contributed by atoms with E-state index in [0.29, 0.717) is 6.42 Å². The molecule has 0 amide bonds. The Morgan fingerprint density at radius 2 is 2.31 bits per heavy atom. The zero-order chi connectivity index (χ0) is 9.26. The van der Waals surface area contributed by atoms with Gasteiger partial charge in [-0.25, -0.2) is 0 Å². The van der Waals surface area contributed by atoms with Crippen molar-refractivity contribution in [1.82, 2.24) is 0 Å². The molecule has 2 rings (SSSR count). The predicted molar refractivity (Wildman–Crippen MR) is 51.1 cm³/mol. The average molecular weight is 171 g/mol. The lowest BCUT2D eigenvalue weighted by Crippen LogP contribution is -1.98. The van der Waals surface area contributed by atoms with Gasteiger partial charge in [-0.05, 0) is 34.9 Å². The number of allylic oxidation sites excluding steroid dienone is 1. The van der Waals surface area contributed by atoms with E-state index in [1.54, 1.807) is 7.11 Å². The molecule has 0 fully saturated rings. The molecule has 0 bridgehead atoms. The fourth-order valence-electron chi connectivity index (χ4n) is 1.49. The van der Waals surface area contributed by atoms with Crippen molar-refractivity contribution in [3.8, 4) is 11.8 Å². The largest absolute Gasteiger partial charge is 0.497 e. The Bertz CT molecular complexity index is 413. The van der Waals surface area contributed by atoms with Crippen LogP contribution in [0.2, 0.25) is 0 Å². The molecule has 1 aromatic rings. The number of ether oxygens (including phenoxy) is 1. The summed E-state index contributed by atoms with van der Waals surface area (Å²) in [7, 11) is 1.65. The van der Waals surface area contributed by atoms with Gasteiger partial charge in [0.25, 0.3) is 0 Å². The second kappa shape index (κ2) is 2.95. The third-order valence-electron chi connectivity index (χ3n) is 2.21. The van der Waals surface area contributed by atoms with Crippen LogP contribution >= 0.6 is 0 Å². The Kier molecular flexibility index (Phi) is 1.79. The van der Waals surface area contributed by atoms with Crippen molar-refractivity contribution in [2.75, 3.05) is 7.11 Å². The Morgan fingerprint density at radius 3 is 3.00 bits per heavy atom. The summed E-state index contributed by atoms with van der Waals surface area (Å²) in [5.74, 6) is 0.849. The first-order valence-corrected chi connectivity index (χ1v) is 4.11. The van der Waals surface area contributed by atoms with E-state index in [0.717, 1.165) is 16.9 Å². The van der Waals surface area contributed by atoms with Gasteiger partial charge in [0.2, 0.25) is 0 Å². The topological polar surface area (TPSA) is 33.0 Å². The fourth-order valence-corrected chi connectivity index (χ4v) is 1.49. The lowest BCUT2D eigenvalue weighted by atomic mass is 9.87. The van der Waals surface area contributed by atoms with Crippen LogP contribution in [-0.2, 0) is 0 Å². The summed E-state index contributed by atoms with van der Waals surface area (Å²) in [6, 6.07) is 8.05. The molecule has 64 valence electrons. The van der Waals surface area contributed by atoms with E-state index < -0.39 is 0 Å². The van der Waals surface area contributed by atoms with E-state index in [9.17, 15) is 0 Å². The molecule has 0 saturated carbocycles. The second-order valence-corrected chi connectivity index (χ2v) is 2.96. The van der Waals surface area contributed by atoms with E-state index in [4.69, 9.17) is 10.00 Å². The van der Waals surface area contributed by atoms with Gasteiger partial charge in [-0.2, -0.15) is 5.26 Å². The molecule has 0 heterocycles. The minimum atomic E-state index is 0.486. The van der Waals surface area contributed by atoms with Crippen LogP contribution in [0.3, 0.4) is 0 Å². The Balaban J connectivity index is 2.31. The number of methoxy groups -OCH3 is 1. The molecule has 1 aliphatic rings. The van der Waals surface area contributed by atoms with Crippen molar-refractivity contribution in [3.05, 3.63) is 29.3 Å². The van der Waals surface area contributed by atoms with E-state index in [-0.39, 0.29) is 0 Å². The Hall–Kier alpha value is -1.75. The zero-order valence-electron chi connectivity index (χ0n) is 7.37. The highest BCUT2D eigenvalue weighted by atomic mass is 16.5.